The maximum absolute atomic E-state index is 6.15. The highest BCUT2D eigenvalue weighted by Crippen LogP contribution is 2.35. The molecule has 0 fully saturated rings. The molecule has 4 rings (SSSR count). The molecule has 1 unspecified atom stereocenters. The molecular formula is C17H18N2S2. The van der Waals surface area contributed by atoms with E-state index in [-0.39, 0.29) is 0 Å². The van der Waals surface area contributed by atoms with E-state index in [1.54, 1.807) is 4.88 Å². The van der Waals surface area contributed by atoms with Crippen molar-refractivity contribution in [3.8, 4) is 0 Å². The highest BCUT2D eigenvalue weighted by atomic mass is 32.1. The molecule has 0 saturated carbocycles. The first-order chi connectivity index (χ1) is 10.4. The summed E-state index contributed by atoms with van der Waals surface area (Å²) < 4.78 is 1.36. The first-order valence-corrected chi connectivity index (χ1v) is 9.08. The maximum Gasteiger partial charge on any atom is 0.0488 e. The fourth-order valence-corrected chi connectivity index (χ4v) is 5.16. The molecule has 0 aliphatic carbocycles. The molecular weight excluding hydrogens is 296 g/mol. The molecule has 2 N–H and O–H groups in total. The van der Waals surface area contributed by atoms with Crippen molar-refractivity contribution in [1.82, 2.24) is 4.90 Å². The van der Waals surface area contributed by atoms with E-state index in [2.05, 4.69) is 46.0 Å². The summed E-state index contributed by atoms with van der Waals surface area (Å²) in [4.78, 5) is 4.10. The number of thiophene rings is 2. The van der Waals surface area contributed by atoms with Gasteiger partial charge in [0.05, 0.1) is 0 Å². The molecule has 3 heterocycles. The lowest BCUT2D eigenvalue weighted by Gasteiger charge is -2.34. The Balaban J connectivity index is 1.69. The highest BCUT2D eigenvalue weighted by Gasteiger charge is 2.26. The van der Waals surface area contributed by atoms with Gasteiger partial charge in [-0.3, -0.25) is 4.90 Å². The molecule has 1 atom stereocenters. The summed E-state index contributed by atoms with van der Waals surface area (Å²) in [5, 5.41) is 5.88. The summed E-state index contributed by atoms with van der Waals surface area (Å²) in [7, 11) is 0. The zero-order chi connectivity index (χ0) is 14.2. The van der Waals surface area contributed by atoms with Gasteiger partial charge in [0.15, 0.2) is 0 Å². The molecule has 0 saturated heterocycles. The Kier molecular flexibility index (Phi) is 3.55. The lowest BCUT2D eigenvalue weighted by atomic mass is 10.0. The molecule has 2 aromatic heterocycles. The average molecular weight is 314 g/mol. The Bertz CT molecular complexity index is 759. The average Bonchev–Trinajstić information content (AvgIpc) is 3.15. The van der Waals surface area contributed by atoms with Crippen molar-refractivity contribution in [1.29, 1.82) is 0 Å². The third-order valence-electron chi connectivity index (χ3n) is 4.37. The van der Waals surface area contributed by atoms with Crippen LogP contribution < -0.4 is 5.73 Å². The SMILES string of the molecule is NCC(c1csc2ccccc12)N1CCc2sccc2C1. The van der Waals surface area contributed by atoms with Crippen molar-refractivity contribution < 1.29 is 0 Å². The van der Waals surface area contributed by atoms with Crippen molar-refractivity contribution in [2.24, 2.45) is 5.73 Å². The van der Waals surface area contributed by atoms with E-state index in [0.717, 1.165) is 19.5 Å². The number of fused-ring (bicyclic) bond motifs is 2. The predicted octanol–water partition coefficient (Wildman–Crippen LogP) is 4.02. The Morgan fingerprint density at radius 3 is 3.00 bits per heavy atom. The minimum Gasteiger partial charge on any atom is -0.329 e. The number of hydrogen-bond acceptors (Lipinski definition) is 4. The monoisotopic (exact) mass is 314 g/mol. The summed E-state index contributed by atoms with van der Waals surface area (Å²) in [6.07, 6.45) is 1.16. The molecule has 0 bridgehead atoms. The van der Waals surface area contributed by atoms with E-state index >= 15 is 0 Å². The Labute approximate surface area is 132 Å². The van der Waals surface area contributed by atoms with E-state index in [9.17, 15) is 0 Å². The van der Waals surface area contributed by atoms with Gasteiger partial charge in [0, 0.05) is 35.3 Å². The number of rotatable bonds is 3. The molecule has 1 aliphatic rings. The highest BCUT2D eigenvalue weighted by molar-refractivity contribution is 7.17. The van der Waals surface area contributed by atoms with Crippen LogP contribution in [0.3, 0.4) is 0 Å². The molecule has 1 aliphatic heterocycles. The first kappa shape index (κ1) is 13.5. The van der Waals surface area contributed by atoms with Gasteiger partial charge < -0.3 is 5.73 Å². The molecule has 108 valence electrons. The van der Waals surface area contributed by atoms with Crippen LogP contribution in [-0.4, -0.2) is 18.0 Å². The van der Waals surface area contributed by atoms with Crippen LogP contribution in [0.1, 0.15) is 22.0 Å². The summed E-state index contributed by atoms with van der Waals surface area (Å²) in [5.74, 6) is 0. The summed E-state index contributed by atoms with van der Waals surface area (Å²) in [6.45, 7) is 2.82. The van der Waals surface area contributed by atoms with E-state index in [1.807, 2.05) is 22.7 Å². The molecule has 21 heavy (non-hydrogen) atoms. The van der Waals surface area contributed by atoms with Gasteiger partial charge in [-0.25, -0.2) is 0 Å². The Morgan fingerprint density at radius 2 is 2.10 bits per heavy atom. The topological polar surface area (TPSA) is 29.3 Å². The van der Waals surface area contributed by atoms with Crippen LogP contribution >= 0.6 is 22.7 Å². The molecule has 0 spiro atoms. The molecule has 4 heteroatoms. The smallest absolute Gasteiger partial charge is 0.0488 e. The van der Waals surface area contributed by atoms with E-state index in [4.69, 9.17) is 5.73 Å². The van der Waals surface area contributed by atoms with Crippen molar-refractivity contribution in [3.63, 3.8) is 0 Å². The number of nitrogens with two attached hydrogens (primary N) is 1. The van der Waals surface area contributed by atoms with Gasteiger partial charge in [-0.1, -0.05) is 18.2 Å². The number of hydrogen-bond donors (Lipinski definition) is 1. The first-order valence-electron chi connectivity index (χ1n) is 7.32. The lowest BCUT2D eigenvalue weighted by molar-refractivity contribution is 0.186. The van der Waals surface area contributed by atoms with Crippen LogP contribution in [-0.2, 0) is 13.0 Å². The summed E-state index contributed by atoms with van der Waals surface area (Å²) >= 11 is 3.72. The molecule has 0 radical (unpaired) electrons. The number of benzene rings is 1. The van der Waals surface area contributed by atoms with Gasteiger partial charge in [-0.15, -0.1) is 22.7 Å². The summed E-state index contributed by atoms with van der Waals surface area (Å²) in [5.41, 5.74) is 9.04. The van der Waals surface area contributed by atoms with Crippen molar-refractivity contribution in [2.75, 3.05) is 13.1 Å². The normalized spacial score (nSPS) is 17.0. The Hall–Kier alpha value is -1.20. The lowest BCUT2D eigenvalue weighted by Crippen LogP contribution is -2.37. The van der Waals surface area contributed by atoms with Gasteiger partial charge in [0.1, 0.15) is 0 Å². The van der Waals surface area contributed by atoms with Crippen molar-refractivity contribution >= 4 is 32.8 Å². The third-order valence-corrected chi connectivity index (χ3v) is 6.38. The minimum absolute atomic E-state index is 0.328. The second kappa shape index (κ2) is 5.54. The fourth-order valence-electron chi connectivity index (χ4n) is 3.27. The Morgan fingerprint density at radius 1 is 1.19 bits per heavy atom. The zero-order valence-electron chi connectivity index (χ0n) is 11.8. The predicted molar refractivity (Wildman–Crippen MR) is 92.1 cm³/mol. The van der Waals surface area contributed by atoms with Crippen LogP contribution in [0, 0.1) is 0 Å². The van der Waals surface area contributed by atoms with E-state index in [0.29, 0.717) is 12.6 Å². The van der Waals surface area contributed by atoms with Gasteiger partial charge in [-0.2, -0.15) is 0 Å². The van der Waals surface area contributed by atoms with Gasteiger partial charge >= 0.3 is 0 Å². The van der Waals surface area contributed by atoms with Gasteiger partial charge in [0.2, 0.25) is 0 Å². The largest absolute Gasteiger partial charge is 0.329 e. The van der Waals surface area contributed by atoms with Gasteiger partial charge in [0.25, 0.3) is 0 Å². The standard InChI is InChI=1S/C17H18N2S2/c18-9-15(14-11-21-17-4-2-1-3-13(14)17)19-7-5-16-12(10-19)6-8-20-16/h1-4,6,8,11,15H,5,7,9-10,18H2. The van der Waals surface area contributed by atoms with E-state index in [1.165, 1.54) is 21.2 Å². The molecule has 3 aromatic rings. The maximum atomic E-state index is 6.15. The van der Waals surface area contributed by atoms with Crippen LogP contribution in [0.15, 0.2) is 41.1 Å². The third kappa shape index (κ3) is 2.32. The number of nitrogens with zero attached hydrogens (tertiary/aromatic N) is 1. The van der Waals surface area contributed by atoms with Crippen LogP contribution in [0.2, 0.25) is 0 Å². The second-order valence-corrected chi connectivity index (χ2v) is 7.44. The molecule has 2 nitrogen and oxygen atoms in total. The van der Waals surface area contributed by atoms with Gasteiger partial charge in [-0.05, 0) is 45.8 Å². The quantitative estimate of drug-likeness (QED) is 0.791. The van der Waals surface area contributed by atoms with Crippen molar-refractivity contribution in [2.45, 2.75) is 19.0 Å². The fraction of sp³-hybridized carbons (Fsp3) is 0.294. The molecule has 0 amide bonds. The second-order valence-electron chi connectivity index (χ2n) is 5.53. The van der Waals surface area contributed by atoms with Crippen LogP contribution in [0.5, 0.6) is 0 Å². The van der Waals surface area contributed by atoms with Crippen LogP contribution in [0.25, 0.3) is 10.1 Å². The minimum atomic E-state index is 0.328. The van der Waals surface area contributed by atoms with Crippen LogP contribution in [0.4, 0.5) is 0 Å². The van der Waals surface area contributed by atoms with E-state index < -0.39 is 0 Å². The van der Waals surface area contributed by atoms with Crippen molar-refractivity contribution in [3.05, 3.63) is 57.1 Å². The zero-order valence-corrected chi connectivity index (χ0v) is 13.4. The molecule has 1 aromatic carbocycles. The summed E-state index contributed by atoms with van der Waals surface area (Å²) in [6, 6.07) is 11.3.